The van der Waals surface area contributed by atoms with Crippen molar-refractivity contribution in [2.45, 2.75) is 39.2 Å². The van der Waals surface area contributed by atoms with E-state index in [1.54, 1.807) is 0 Å². The first-order chi connectivity index (χ1) is 9.28. The highest BCUT2D eigenvalue weighted by Gasteiger charge is 2.11. The number of nitrogens with one attached hydrogen (secondary N) is 2. The molecule has 0 spiro atoms. The summed E-state index contributed by atoms with van der Waals surface area (Å²) in [7, 11) is 0. The van der Waals surface area contributed by atoms with Gasteiger partial charge >= 0.3 is 0 Å². The molecule has 2 rings (SSSR count). The molecular formula is C13H21N5O. The molecule has 1 aromatic rings. The molecule has 0 radical (unpaired) electrons. The lowest BCUT2D eigenvalue weighted by Crippen LogP contribution is -2.42. The Morgan fingerprint density at radius 3 is 2.89 bits per heavy atom. The molecule has 1 aliphatic rings. The molecule has 0 unspecified atom stereocenters. The lowest BCUT2D eigenvalue weighted by Gasteiger charge is -2.16. The van der Waals surface area contributed by atoms with Crippen LogP contribution in [-0.4, -0.2) is 35.2 Å². The van der Waals surface area contributed by atoms with E-state index in [2.05, 4.69) is 44.8 Å². The van der Waals surface area contributed by atoms with Gasteiger partial charge < -0.3 is 15.2 Å². The molecule has 0 saturated heterocycles. The minimum Gasteiger partial charge on any atom is -0.357 e. The Bertz CT molecular complexity index is 444. The zero-order valence-electron chi connectivity index (χ0n) is 11.5. The Hall–Kier alpha value is -1.85. The van der Waals surface area contributed by atoms with Gasteiger partial charge in [-0.25, -0.2) is 0 Å². The van der Waals surface area contributed by atoms with E-state index in [4.69, 9.17) is 4.52 Å². The van der Waals surface area contributed by atoms with Crippen LogP contribution in [0.15, 0.2) is 21.7 Å². The van der Waals surface area contributed by atoms with Gasteiger partial charge in [0.15, 0.2) is 11.8 Å². The summed E-state index contributed by atoms with van der Waals surface area (Å²) in [6.07, 6.45) is 7.19. The van der Waals surface area contributed by atoms with Gasteiger partial charge in [0.25, 0.3) is 0 Å². The predicted octanol–water partition coefficient (Wildman–Crippen LogP) is 1.19. The highest BCUT2D eigenvalue weighted by atomic mass is 16.5. The van der Waals surface area contributed by atoms with Gasteiger partial charge in [0.1, 0.15) is 0 Å². The Morgan fingerprint density at radius 1 is 1.47 bits per heavy atom. The second kappa shape index (κ2) is 6.92. The largest absolute Gasteiger partial charge is 0.357 e. The zero-order valence-corrected chi connectivity index (χ0v) is 11.5. The highest BCUT2D eigenvalue weighted by molar-refractivity contribution is 5.80. The fourth-order valence-corrected chi connectivity index (χ4v) is 1.95. The second-order valence-electron chi connectivity index (χ2n) is 4.53. The third kappa shape index (κ3) is 4.39. The summed E-state index contributed by atoms with van der Waals surface area (Å²) in [5.41, 5.74) is 0. The van der Waals surface area contributed by atoms with Crippen molar-refractivity contribution in [3.8, 4) is 0 Å². The third-order valence-corrected chi connectivity index (χ3v) is 2.86. The maximum atomic E-state index is 5.06. The second-order valence-corrected chi connectivity index (χ2v) is 4.53. The average Bonchev–Trinajstić information content (AvgIpc) is 3.01. The number of aryl methyl sites for hydroxylation is 1. The van der Waals surface area contributed by atoms with Gasteiger partial charge in [0.2, 0.25) is 5.89 Å². The van der Waals surface area contributed by atoms with E-state index in [1.165, 1.54) is 0 Å². The number of aliphatic imine (C=N–C) groups is 1. The molecule has 6 nitrogen and oxygen atoms in total. The molecule has 0 aromatic carbocycles. The summed E-state index contributed by atoms with van der Waals surface area (Å²) in [6.45, 7) is 5.36. The summed E-state index contributed by atoms with van der Waals surface area (Å²) in [4.78, 5) is 8.68. The van der Waals surface area contributed by atoms with Crippen LogP contribution >= 0.6 is 0 Å². The Balaban J connectivity index is 1.81. The molecule has 19 heavy (non-hydrogen) atoms. The number of guanidine groups is 1. The van der Waals surface area contributed by atoms with E-state index in [0.717, 1.165) is 25.3 Å². The first-order valence-corrected chi connectivity index (χ1v) is 6.77. The fraction of sp³-hybridized carbons (Fsp3) is 0.615. The van der Waals surface area contributed by atoms with Crippen molar-refractivity contribution in [2.75, 3.05) is 13.1 Å². The monoisotopic (exact) mass is 263 g/mol. The Kier molecular flexibility index (Phi) is 4.94. The van der Waals surface area contributed by atoms with E-state index in [0.29, 0.717) is 30.7 Å². The van der Waals surface area contributed by atoms with Crippen molar-refractivity contribution in [1.82, 2.24) is 20.8 Å². The normalized spacial score (nSPS) is 16.0. The SMILES string of the molecule is CCNC(=NCCc1nc(C)no1)NC1CC=CC1. The summed E-state index contributed by atoms with van der Waals surface area (Å²) < 4.78 is 5.06. The molecule has 0 aliphatic heterocycles. The van der Waals surface area contributed by atoms with Crippen molar-refractivity contribution in [1.29, 1.82) is 0 Å². The van der Waals surface area contributed by atoms with E-state index in [1.807, 2.05) is 6.92 Å². The molecule has 6 heteroatoms. The van der Waals surface area contributed by atoms with Crippen LogP contribution in [0.3, 0.4) is 0 Å². The van der Waals surface area contributed by atoms with Gasteiger partial charge in [0, 0.05) is 19.0 Å². The predicted molar refractivity (Wildman–Crippen MR) is 74.0 cm³/mol. The Morgan fingerprint density at radius 2 is 2.26 bits per heavy atom. The van der Waals surface area contributed by atoms with Gasteiger partial charge in [-0.2, -0.15) is 4.98 Å². The molecule has 1 aliphatic carbocycles. The van der Waals surface area contributed by atoms with Crippen LogP contribution in [0.2, 0.25) is 0 Å². The van der Waals surface area contributed by atoms with Crippen LogP contribution < -0.4 is 10.6 Å². The van der Waals surface area contributed by atoms with Crippen molar-refractivity contribution in [2.24, 2.45) is 4.99 Å². The maximum Gasteiger partial charge on any atom is 0.228 e. The molecule has 1 heterocycles. The van der Waals surface area contributed by atoms with E-state index in [-0.39, 0.29) is 0 Å². The molecule has 0 saturated carbocycles. The zero-order chi connectivity index (χ0) is 13.5. The van der Waals surface area contributed by atoms with Gasteiger partial charge in [0.05, 0.1) is 6.54 Å². The van der Waals surface area contributed by atoms with Gasteiger partial charge in [-0.05, 0) is 26.7 Å². The van der Waals surface area contributed by atoms with Crippen molar-refractivity contribution >= 4 is 5.96 Å². The van der Waals surface area contributed by atoms with Crippen LogP contribution in [0.4, 0.5) is 0 Å². The Labute approximate surface area is 113 Å². The molecule has 2 N–H and O–H groups in total. The topological polar surface area (TPSA) is 75.3 Å². The standard InChI is InChI=1S/C13H21N5O/c1-3-14-13(17-11-6-4-5-7-11)15-9-8-12-16-10(2)18-19-12/h4-5,11H,3,6-9H2,1-2H3,(H2,14,15,17). The van der Waals surface area contributed by atoms with Crippen molar-refractivity contribution < 1.29 is 4.52 Å². The van der Waals surface area contributed by atoms with E-state index in [9.17, 15) is 0 Å². The average molecular weight is 263 g/mol. The third-order valence-electron chi connectivity index (χ3n) is 2.86. The number of nitrogens with zero attached hydrogens (tertiary/aromatic N) is 3. The first-order valence-electron chi connectivity index (χ1n) is 6.77. The summed E-state index contributed by atoms with van der Waals surface area (Å²) in [6, 6.07) is 0.462. The van der Waals surface area contributed by atoms with Crippen LogP contribution in [0.5, 0.6) is 0 Å². The summed E-state index contributed by atoms with van der Waals surface area (Å²) in [5.74, 6) is 2.16. The molecular weight excluding hydrogens is 242 g/mol. The number of aromatic nitrogens is 2. The van der Waals surface area contributed by atoms with Gasteiger partial charge in [-0.15, -0.1) is 0 Å². The van der Waals surface area contributed by atoms with Crippen molar-refractivity contribution in [3.05, 3.63) is 23.9 Å². The smallest absolute Gasteiger partial charge is 0.228 e. The maximum absolute atomic E-state index is 5.06. The summed E-state index contributed by atoms with van der Waals surface area (Å²) in [5, 5.41) is 10.4. The highest BCUT2D eigenvalue weighted by Crippen LogP contribution is 2.08. The summed E-state index contributed by atoms with van der Waals surface area (Å²) >= 11 is 0. The molecule has 1 aromatic heterocycles. The molecule has 0 atom stereocenters. The van der Waals surface area contributed by atoms with Crippen molar-refractivity contribution in [3.63, 3.8) is 0 Å². The van der Waals surface area contributed by atoms with Crippen LogP contribution in [0.1, 0.15) is 31.5 Å². The molecule has 104 valence electrons. The van der Waals surface area contributed by atoms with Crippen LogP contribution in [-0.2, 0) is 6.42 Å². The van der Waals surface area contributed by atoms with Crippen LogP contribution in [0.25, 0.3) is 0 Å². The fourth-order valence-electron chi connectivity index (χ4n) is 1.95. The molecule has 0 bridgehead atoms. The number of hydrogen-bond acceptors (Lipinski definition) is 4. The quantitative estimate of drug-likeness (QED) is 0.474. The first kappa shape index (κ1) is 13.6. The number of rotatable bonds is 5. The molecule has 0 fully saturated rings. The minimum atomic E-state index is 0.462. The minimum absolute atomic E-state index is 0.462. The van der Waals surface area contributed by atoms with Gasteiger partial charge in [-0.3, -0.25) is 4.99 Å². The number of hydrogen-bond donors (Lipinski definition) is 2. The van der Waals surface area contributed by atoms with Crippen LogP contribution in [0, 0.1) is 6.92 Å². The lowest BCUT2D eigenvalue weighted by molar-refractivity contribution is 0.376. The van der Waals surface area contributed by atoms with Gasteiger partial charge in [-0.1, -0.05) is 17.3 Å². The molecule has 0 amide bonds. The van der Waals surface area contributed by atoms with E-state index < -0.39 is 0 Å². The van der Waals surface area contributed by atoms with E-state index >= 15 is 0 Å². The lowest BCUT2D eigenvalue weighted by atomic mass is 10.2.